The molecule has 0 radical (unpaired) electrons. The Kier molecular flexibility index (Phi) is 7.67. The Morgan fingerprint density at radius 2 is 1.90 bits per heavy atom. The second kappa shape index (κ2) is 6.39. The molecule has 0 saturated carbocycles. The Labute approximate surface area is 57.5 Å². The number of rotatable bonds is 2. The maximum atomic E-state index is 9.71. The van der Waals surface area contributed by atoms with Crippen molar-refractivity contribution < 1.29 is 13.0 Å². The van der Waals surface area contributed by atoms with Crippen molar-refractivity contribution in [2.45, 2.75) is 0 Å². The summed E-state index contributed by atoms with van der Waals surface area (Å²) in [5, 5.41) is 9.00. The minimum atomic E-state index is -3.80. The third-order valence-corrected chi connectivity index (χ3v) is 1.13. The van der Waals surface area contributed by atoms with Crippen molar-refractivity contribution in [3.63, 3.8) is 0 Å². The Bertz CT molecular complexity index is 162. The van der Waals surface area contributed by atoms with Gasteiger partial charge in [0.2, 0.25) is 0 Å². The average molecular weight is 171 g/mol. The Morgan fingerprint density at radius 1 is 1.60 bits per heavy atom. The highest BCUT2D eigenvalue weighted by Crippen LogP contribution is 1.74. The van der Waals surface area contributed by atoms with Crippen molar-refractivity contribution in [3.05, 3.63) is 10.1 Å². The number of nitrogens with two attached hydrogens (primary N) is 1. The number of hydrogen-bond acceptors (Lipinski definition) is 6. The van der Waals surface area contributed by atoms with Crippen LogP contribution in [0.5, 0.6) is 0 Å². The van der Waals surface area contributed by atoms with E-state index in [1.807, 2.05) is 0 Å². The summed E-state index contributed by atoms with van der Waals surface area (Å²) in [4.78, 5) is 8.00. The molecule has 10 heavy (non-hydrogen) atoms. The van der Waals surface area contributed by atoms with Gasteiger partial charge in [-0.25, -0.2) is 0 Å². The lowest BCUT2D eigenvalue weighted by atomic mass is 10.8. The van der Waals surface area contributed by atoms with Crippen molar-refractivity contribution in [1.29, 1.82) is 0 Å². The van der Waals surface area contributed by atoms with Gasteiger partial charge >= 0.3 is 0 Å². The van der Waals surface area contributed by atoms with Crippen LogP contribution in [0, 0.1) is 10.1 Å². The monoisotopic (exact) mass is 171 g/mol. The fraction of sp³-hybridized carbons (Fsp3) is 1.00. The van der Waals surface area contributed by atoms with Gasteiger partial charge in [-0.3, -0.25) is 4.55 Å². The van der Waals surface area contributed by atoms with E-state index in [4.69, 9.17) is 20.4 Å². The molecule has 8 heteroatoms. The van der Waals surface area contributed by atoms with Gasteiger partial charge in [-0.15, -0.1) is 5.34 Å². The first-order valence-corrected chi connectivity index (χ1v) is 3.69. The normalized spacial score (nSPS) is 9.40. The maximum Gasteiger partial charge on any atom is 0.266 e. The van der Waals surface area contributed by atoms with Gasteiger partial charge in [0.15, 0.2) is 0 Å². The molecule has 3 N–H and O–H groups in total. The van der Waals surface area contributed by atoms with E-state index < -0.39 is 10.1 Å². The van der Waals surface area contributed by atoms with Crippen LogP contribution in [-0.4, -0.2) is 25.3 Å². The van der Waals surface area contributed by atoms with Crippen LogP contribution in [0.2, 0.25) is 0 Å². The largest absolute Gasteiger partial charge is 0.444 e. The SMILES string of the molecule is NCCS(=O)(=O)O.O=N[O-]. The molecule has 0 aromatic heterocycles. The van der Waals surface area contributed by atoms with Crippen LogP contribution >= 0.6 is 0 Å². The highest BCUT2D eigenvalue weighted by molar-refractivity contribution is 7.85. The molecule has 0 bridgehead atoms. The summed E-state index contributed by atoms with van der Waals surface area (Å²) in [6.45, 7) is -0.0289. The van der Waals surface area contributed by atoms with Crippen LogP contribution < -0.4 is 5.73 Å². The van der Waals surface area contributed by atoms with Crippen molar-refractivity contribution >= 4 is 10.1 Å². The average Bonchev–Trinajstić information content (AvgIpc) is 1.63. The predicted octanol–water partition coefficient (Wildman–Crippen LogP) is -0.916. The molecule has 0 heterocycles. The van der Waals surface area contributed by atoms with Gasteiger partial charge in [0.1, 0.15) is 0 Å². The van der Waals surface area contributed by atoms with E-state index in [9.17, 15) is 8.42 Å². The Hall–Kier alpha value is -0.730. The first-order valence-electron chi connectivity index (χ1n) is 2.08. The lowest BCUT2D eigenvalue weighted by Crippen LogP contribution is -2.13. The molecule has 0 atom stereocenters. The molecule has 0 unspecified atom stereocenters. The van der Waals surface area contributed by atoms with Crippen LogP contribution in [0.25, 0.3) is 0 Å². The van der Waals surface area contributed by atoms with Crippen molar-refractivity contribution in [2.75, 3.05) is 12.3 Å². The quantitative estimate of drug-likeness (QED) is 0.313. The fourth-order valence-electron chi connectivity index (χ4n) is 0.149. The van der Waals surface area contributed by atoms with Gasteiger partial charge in [0.05, 0.1) is 5.75 Å². The fourth-order valence-corrected chi connectivity index (χ4v) is 0.447. The Morgan fingerprint density at radius 3 is 1.90 bits per heavy atom. The highest BCUT2D eigenvalue weighted by Gasteiger charge is 1.98. The number of nitrogens with zero attached hydrogens (tertiary/aromatic N) is 1. The zero-order valence-electron chi connectivity index (χ0n) is 4.93. The van der Waals surface area contributed by atoms with Crippen LogP contribution in [-0.2, 0) is 10.1 Å². The molecule has 62 valence electrons. The van der Waals surface area contributed by atoms with Crippen LogP contribution in [0.4, 0.5) is 0 Å². The lowest BCUT2D eigenvalue weighted by molar-refractivity contribution is 0.483. The van der Waals surface area contributed by atoms with Gasteiger partial charge < -0.3 is 15.8 Å². The molecular formula is C2H7N2O5S-. The van der Waals surface area contributed by atoms with E-state index in [1.165, 1.54) is 0 Å². The number of hydrogen-bond donors (Lipinski definition) is 2. The lowest BCUT2D eigenvalue weighted by Gasteiger charge is -1.86. The van der Waals surface area contributed by atoms with Crippen molar-refractivity contribution in [1.82, 2.24) is 0 Å². The van der Waals surface area contributed by atoms with Crippen LogP contribution in [0.15, 0.2) is 5.34 Å². The summed E-state index contributed by atoms with van der Waals surface area (Å²) < 4.78 is 27.3. The molecule has 0 spiro atoms. The molecule has 0 aromatic rings. The van der Waals surface area contributed by atoms with E-state index in [0.717, 1.165) is 5.34 Å². The second-order valence-corrected chi connectivity index (χ2v) is 2.72. The molecule has 0 rings (SSSR count). The first-order chi connectivity index (χ1) is 4.47. The van der Waals surface area contributed by atoms with Gasteiger partial charge in [0, 0.05) is 6.54 Å². The third-order valence-electron chi connectivity index (χ3n) is 0.376. The summed E-state index contributed by atoms with van der Waals surface area (Å²) in [6.07, 6.45) is 0. The van der Waals surface area contributed by atoms with Crippen LogP contribution in [0.3, 0.4) is 0 Å². The standard InChI is InChI=1S/C2H7NO3S.HNO2/c3-1-2-7(4,5)6;2-1-3/h1-3H2,(H,4,5,6);(H,2,3)/p-1. The van der Waals surface area contributed by atoms with E-state index in [1.54, 1.807) is 0 Å². The molecule has 0 saturated heterocycles. The topological polar surface area (TPSA) is 133 Å². The predicted molar refractivity (Wildman–Crippen MR) is 34.6 cm³/mol. The third kappa shape index (κ3) is 26.7. The highest BCUT2D eigenvalue weighted by atomic mass is 32.2. The summed E-state index contributed by atoms with van der Waals surface area (Å²) in [6, 6.07) is 0. The smallest absolute Gasteiger partial charge is 0.266 e. The molecule has 0 aliphatic rings. The van der Waals surface area contributed by atoms with Gasteiger partial charge in [-0.05, 0) is 0 Å². The van der Waals surface area contributed by atoms with E-state index in [2.05, 4.69) is 0 Å². The molecule has 0 aromatic carbocycles. The van der Waals surface area contributed by atoms with Crippen molar-refractivity contribution in [2.24, 2.45) is 11.1 Å². The Balaban J connectivity index is 0. The maximum absolute atomic E-state index is 9.71. The summed E-state index contributed by atoms with van der Waals surface area (Å²) in [5.74, 6) is -0.354. The minimum absolute atomic E-state index is 0.0289. The molecule has 0 amide bonds. The molecule has 7 nitrogen and oxygen atoms in total. The minimum Gasteiger partial charge on any atom is -0.444 e. The van der Waals surface area contributed by atoms with Gasteiger partial charge in [-0.2, -0.15) is 8.42 Å². The van der Waals surface area contributed by atoms with Crippen LogP contribution in [0.1, 0.15) is 0 Å². The molecular weight excluding hydrogens is 164 g/mol. The molecule has 0 aliphatic carbocycles. The molecule has 0 aliphatic heterocycles. The van der Waals surface area contributed by atoms with Gasteiger partial charge in [-0.1, -0.05) is 0 Å². The van der Waals surface area contributed by atoms with Gasteiger partial charge in [0.25, 0.3) is 10.1 Å². The zero-order valence-corrected chi connectivity index (χ0v) is 5.74. The summed E-state index contributed by atoms with van der Waals surface area (Å²) >= 11 is 0. The second-order valence-electron chi connectivity index (χ2n) is 1.15. The summed E-state index contributed by atoms with van der Waals surface area (Å²) in [7, 11) is -3.80. The summed E-state index contributed by atoms with van der Waals surface area (Å²) in [5.41, 5.74) is 4.78. The first kappa shape index (κ1) is 12.0. The van der Waals surface area contributed by atoms with E-state index in [-0.39, 0.29) is 12.3 Å². The van der Waals surface area contributed by atoms with E-state index in [0.29, 0.717) is 0 Å². The zero-order chi connectivity index (χ0) is 8.62. The van der Waals surface area contributed by atoms with E-state index >= 15 is 0 Å². The molecule has 0 fully saturated rings. The van der Waals surface area contributed by atoms with Crippen molar-refractivity contribution in [3.8, 4) is 0 Å².